The van der Waals surface area contributed by atoms with Crippen molar-refractivity contribution in [1.29, 1.82) is 0 Å². The van der Waals surface area contributed by atoms with Gasteiger partial charge in [0, 0.05) is 64.5 Å². The van der Waals surface area contributed by atoms with Gasteiger partial charge in [-0.05, 0) is 133 Å². The van der Waals surface area contributed by atoms with E-state index in [0.29, 0.717) is 0 Å². The second-order valence-electron chi connectivity index (χ2n) is 8.93. The van der Waals surface area contributed by atoms with Gasteiger partial charge in [-0.25, -0.2) is 0 Å². The fourth-order valence-corrected chi connectivity index (χ4v) is 22.3. The van der Waals surface area contributed by atoms with E-state index in [4.69, 9.17) is 26.6 Å². The van der Waals surface area contributed by atoms with Gasteiger partial charge in [-0.2, -0.15) is 0 Å². The number of aryl methyl sites for hydroxylation is 4. The van der Waals surface area contributed by atoms with Crippen LogP contribution in [-0.2, 0) is 39.4 Å². The van der Waals surface area contributed by atoms with Crippen molar-refractivity contribution in [3.8, 4) is 0 Å². The zero-order valence-electron chi connectivity index (χ0n) is 25.0. The molecule has 6 nitrogen and oxygen atoms in total. The molecule has 0 atom stereocenters. The average molecular weight is 731 g/mol. The fraction of sp³-hybridized carbons (Fsp3) is 0.538. The van der Waals surface area contributed by atoms with Crippen molar-refractivity contribution in [2.24, 2.45) is 0 Å². The second kappa shape index (κ2) is 21.0. The van der Waals surface area contributed by atoms with Crippen molar-refractivity contribution in [1.82, 2.24) is 0 Å². The molecule has 0 bridgehead atoms. The summed E-state index contributed by atoms with van der Waals surface area (Å²) < 4.78 is 33.5. The van der Waals surface area contributed by atoms with E-state index >= 15 is 0 Å². The molecule has 0 N–H and O–H groups in total. The van der Waals surface area contributed by atoms with Gasteiger partial charge in [0.05, 0.1) is 0 Å². The van der Waals surface area contributed by atoms with E-state index in [2.05, 4.69) is 50.2 Å². The minimum atomic E-state index is -2.54. The molecule has 2 aromatic rings. The standard InChI is InChI=1S/C26H42O6S7Si2/c1-21-13-9-15-23(17-11-19-40(27-3,28-4)29-5)25(21)33-35-37-39-38-36-34-26-22(2)14-10-16-24(26)18-12-20-41(30-6,31-7)32-8/h9-10,13-16H,11-12,17-20H2,1-8H3. The van der Waals surface area contributed by atoms with E-state index < -0.39 is 17.6 Å². The third-order valence-corrected chi connectivity index (χ3v) is 25.5. The summed E-state index contributed by atoms with van der Waals surface area (Å²) in [4.78, 5) is 2.70. The molecule has 0 amide bonds. The van der Waals surface area contributed by atoms with Crippen molar-refractivity contribution >= 4 is 88.3 Å². The summed E-state index contributed by atoms with van der Waals surface area (Å²) in [7, 11) is 17.7. The summed E-state index contributed by atoms with van der Waals surface area (Å²) in [5.41, 5.74) is 5.35. The van der Waals surface area contributed by atoms with Gasteiger partial charge in [-0.15, -0.1) is 0 Å². The van der Waals surface area contributed by atoms with E-state index in [1.807, 2.05) is 41.2 Å². The smallest absolute Gasteiger partial charge is 0.377 e. The number of benzene rings is 2. The highest BCUT2D eigenvalue weighted by Crippen LogP contribution is 2.58. The quantitative estimate of drug-likeness (QED) is 0.0657. The number of rotatable bonds is 22. The zero-order valence-corrected chi connectivity index (χ0v) is 32.7. The summed E-state index contributed by atoms with van der Waals surface area (Å²) in [6, 6.07) is 14.7. The molecule has 41 heavy (non-hydrogen) atoms. The van der Waals surface area contributed by atoms with Gasteiger partial charge in [0.2, 0.25) is 0 Å². The zero-order chi connectivity index (χ0) is 30.1. The first-order chi connectivity index (χ1) is 19.8. The molecule has 0 heterocycles. The highest BCUT2D eigenvalue weighted by molar-refractivity contribution is 9.46. The van der Waals surface area contributed by atoms with Crippen LogP contribution >= 0.6 is 70.7 Å². The Bertz CT molecular complexity index is 936. The van der Waals surface area contributed by atoms with Crippen LogP contribution in [0.4, 0.5) is 0 Å². The summed E-state index contributed by atoms with van der Waals surface area (Å²) in [5.74, 6) is 0. The first kappa shape index (κ1) is 38.3. The summed E-state index contributed by atoms with van der Waals surface area (Å²) >= 11 is 0. The molecule has 0 aromatic heterocycles. The van der Waals surface area contributed by atoms with E-state index in [-0.39, 0.29) is 0 Å². The molecule has 0 radical (unpaired) electrons. The van der Waals surface area contributed by atoms with Crippen LogP contribution in [-0.4, -0.2) is 60.3 Å². The maximum absolute atomic E-state index is 5.58. The van der Waals surface area contributed by atoms with Gasteiger partial charge in [0.25, 0.3) is 0 Å². The van der Waals surface area contributed by atoms with Crippen LogP contribution in [0.15, 0.2) is 46.2 Å². The lowest BCUT2D eigenvalue weighted by atomic mass is 10.1. The minimum Gasteiger partial charge on any atom is -0.377 e. The third kappa shape index (κ3) is 12.4. The molecule has 232 valence electrons. The van der Waals surface area contributed by atoms with Gasteiger partial charge in [-0.3, -0.25) is 0 Å². The fourth-order valence-electron chi connectivity index (χ4n) is 4.29. The van der Waals surface area contributed by atoms with Crippen LogP contribution in [0.2, 0.25) is 12.1 Å². The van der Waals surface area contributed by atoms with Crippen molar-refractivity contribution in [3.05, 3.63) is 58.7 Å². The Morgan fingerprint density at radius 2 is 0.854 bits per heavy atom. The number of hydrogen-bond acceptors (Lipinski definition) is 13. The summed E-state index contributed by atoms with van der Waals surface area (Å²) in [6.45, 7) is 4.37. The topological polar surface area (TPSA) is 55.4 Å². The Morgan fingerprint density at radius 3 is 1.20 bits per heavy atom. The molecule has 0 aliphatic carbocycles. The lowest BCUT2D eigenvalue weighted by Crippen LogP contribution is -2.42. The molecule has 0 saturated heterocycles. The maximum Gasteiger partial charge on any atom is 0.500 e. The van der Waals surface area contributed by atoms with Gasteiger partial charge < -0.3 is 26.6 Å². The van der Waals surface area contributed by atoms with Crippen molar-refractivity contribution in [3.63, 3.8) is 0 Å². The highest BCUT2D eigenvalue weighted by Gasteiger charge is 2.37. The monoisotopic (exact) mass is 730 g/mol. The SMILES string of the molecule is CO[Si](CCCc1cccc(C)c1SSSSSSSc1c(C)cccc1CCC[Si](OC)(OC)OC)(OC)OC. The predicted octanol–water partition coefficient (Wildman–Crippen LogP) is 9.97. The molecule has 15 heteroatoms. The molecule has 2 rings (SSSR count). The van der Waals surface area contributed by atoms with Crippen LogP contribution in [0, 0.1) is 13.8 Å². The lowest BCUT2D eigenvalue weighted by Gasteiger charge is -2.24. The van der Waals surface area contributed by atoms with E-state index in [9.17, 15) is 0 Å². The van der Waals surface area contributed by atoms with Crippen molar-refractivity contribution < 1.29 is 26.6 Å². The molecule has 0 saturated carbocycles. The normalized spacial score (nSPS) is 12.3. The Hall–Kier alpha value is 1.08. The average Bonchev–Trinajstić information content (AvgIpc) is 2.99. The molecule has 0 spiro atoms. The van der Waals surface area contributed by atoms with Crippen molar-refractivity contribution in [2.75, 3.05) is 42.7 Å². The van der Waals surface area contributed by atoms with E-state index in [0.717, 1.165) is 37.8 Å². The van der Waals surface area contributed by atoms with Crippen LogP contribution in [0.5, 0.6) is 0 Å². The van der Waals surface area contributed by atoms with Crippen molar-refractivity contribution in [2.45, 2.75) is 61.4 Å². The van der Waals surface area contributed by atoms with Crippen LogP contribution in [0.25, 0.3) is 0 Å². The number of hydrogen-bond donors (Lipinski definition) is 0. The van der Waals surface area contributed by atoms with Gasteiger partial charge >= 0.3 is 17.6 Å². The predicted molar refractivity (Wildman–Crippen MR) is 192 cm³/mol. The molecule has 0 unspecified atom stereocenters. The van der Waals surface area contributed by atoms with E-state index in [1.165, 1.54) is 32.0 Å². The molecule has 0 fully saturated rings. The minimum absolute atomic E-state index is 0.802. The first-order valence-electron chi connectivity index (χ1n) is 13.0. The Morgan fingerprint density at radius 1 is 0.512 bits per heavy atom. The van der Waals surface area contributed by atoms with Gasteiger partial charge in [-0.1, -0.05) is 36.4 Å². The molecular weight excluding hydrogens is 689 g/mol. The van der Waals surface area contributed by atoms with Crippen LogP contribution in [0.1, 0.15) is 35.1 Å². The largest absolute Gasteiger partial charge is 0.500 e. The highest BCUT2D eigenvalue weighted by atomic mass is 33.9. The lowest BCUT2D eigenvalue weighted by molar-refractivity contribution is 0.122. The molecule has 0 aliphatic heterocycles. The van der Waals surface area contributed by atoms with Gasteiger partial charge in [0.1, 0.15) is 0 Å². The van der Waals surface area contributed by atoms with Crippen LogP contribution in [0.3, 0.4) is 0 Å². The maximum atomic E-state index is 5.58. The Kier molecular flexibility index (Phi) is 19.6. The Labute approximate surface area is 275 Å². The molecular formula is C26H42O6S7Si2. The summed E-state index contributed by atoms with van der Waals surface area (Å²) in [5, 5.41) is 0. The van der Waals surface area contributed by atoms with E-state index in [1.54, 1.807) is 72.1 Å². The Balaban J connectivity index is 1.79. The molecule has 2 aromatic carbocycles. The third-order valence-electron chi connectivity index (χ3n) is 6.66. The summed E-state index contributed by atoms with van der Waals surface area (Å²) in [6.07, 6.45) is 3.87. The first-order valence-corrected chi connectivity index (χ1v) is 25.7. The van der Waals surface area contributed by atoms with Crippen LogP contribution < -0.4 is 0 Å². The van der Waals surface area contributed by atoms with Gasteiger partial charge in [0.15, 0.2) is 0 Å². The molecule has 0 aliphatic rings. The second-order valence-corrected chi connectivity index (χ2v) is 26.1.